The molecule has 0 spiro atoms. The summed E-state index contributed by atoms with van der Waals surface area (Å²) in [5.41, 5.74) is 1.04. The molecule has 1 aromatic carbocycles. The molecule has 0 radical (unpaired) electrons. The molecule has 1 aliphatic heterocycles. The molecule has 2 nitrogen and oxygen atoms in total. The molecule has 2 rings (SSSR count). The van der Waals surface area contributed by atoms with E-state index in [9.17, 15) is 8.78 Å². The Kier molecular flexibility index (Phi) is 2.27. The lowest BCUT2D eigenvalue weighted by atomic mass is 10.2. The van der Waals surface area contributed by atoms with E-state index in [1.54, 1.807) is 6.07 Å². The van der Waals surface area contributed by atoms with Crippen LogP contribution < -0.4 is 10.2 Å². The predicted octanol–water partition coefficient (Wildman–Crippen LogP) is 2.22. The summed E-state index contributed by atoms with van der Waals surface area (Å²) in [6, 6.07) is 2.73. The molecule has 0 bridgehead atoms. The Labute approximate surface area is 81.5 Å². The van der Waals surface area contributed by atoms with Crippen molar-refractivity contribution in [3.05, 3.63) is 23.8 Å². The largest absolute Gasteiger partial charge is 0.382 e. The fourth-order valence-corrected chi connectivity index (χ4v) is 1.75. The van der Waals surface area contributed by atoms with Crippen LogP contribution in [0.2, 0.25) is 0 Å². The van der Waals surface area contributed by atoms with Gasteiger partial charge in [0, 0.05) is 19.6 Å². The first-order chi connectivity index (χ1) is 6.74. The number of benzene rings is 1. The summed E-state index contributed by atoms with van der Waals surface area (Å²) < 4.78 is 26.5. The molecule has 0 fully saturated rings. The van der Waals surface area contributed by atoms with Crippen molar-refractivity contribution in [3.8, 4) is 0 Å². The minimum absolute atomic E-state index is 0.360. The van der Waals surface area contributed by atoms with E-state index in [1.807, 2.05) is 11.8 Å². The predicted molar refractivity (Wildman–Crippen MR) is 52.7 cm³/mol. The van der Waals surface area contributed by atoms with Crippen LogP contribution in [-0.2, 0) is 0 Å². The second-order valence-corrected chi connectivity index (χ2v) is 3.26. The van der Waals surface area contributed by atoms with Gasteiger partial charge >= 0.3 is 0 Å². The first-order valence-corrected chi connectivity index (χ1v) is 4.71. The number of halogens is 2. The summed E-state index contributed by atoms with van der Waals surface area (Å²) in [5.74, 6) is -1.54. The average molecular weight is 198 g/mol. The number of rotatable bonds is 1. The monoisotopic (exact) mass is 198 g/mol. The second-order valence-electron chi connectivity index (χ2n) is 3.26. The molecule has 0 atom stereocenters. The van der Waals surface area contributed by atoms with Crippen LogP contribution in [0.3, 0.4) is 0 Å². The Morgan fingerprint density at radius 2 is 2.21 bits per heavy atom. The lowest BCUT2D eigenvalue weighted by Gasteiger charge is -2.31. The second kappa shape index (κ2) is 3.44. The van der Waals surface area contributed by atoms with Gasteiger partial charge in [-0.2, -0.15) is 0 Å². The van der Waals surface area contributed by atoms with Gasteiger partial charge in [-0.25, -0.2) is 8.78 Å². The molecule has 1 heterocycles. The van der Waals surface area contributed by atoms with Gasteiger partial charge in [-0.3, -0.25) is 0 Å². The summed E-state index contributed by atoms with van der Waals surface area (Å²) in [5, 5.41) is 3.05. The zero-order chi connectivity index (χ0) is 10.1. The highest BCUT2D eigenvalue weighted by Crippen LogP contribution is 2.32. The van der Waals surface area contributed by atoms with Gasteiger partial charge in [-0.05, 0) is 19.1 Å². The van der Waals surface area contributed by atoms with Crippen LogP contribution in [0.4, 0.5) is 20.2 Å². The smallest absolute Gasteiger partial charge is 0.184 e. The summed E-state index contributed by atoms with van der Waals surface area (Å²) in [7, 11) is 0. The van der Waals surface area contributed by atoms with Crippen molar-refractivity contribution in [3.63, 3.8) is 0 Å². The Bertz CT molecular complexity index is 352. The van der Waals surface area contributed by atoms with Crippen LogP contribution in [0.25, 0.3) is 0 Å². The maximum atomic E-state index is 13.5. The third-order valence-electron chi connectivity index (χ3n) is 2.46. The number of nitrogens with zero attached hydrogens (tertiary/aromatic N) is 1. The first kappa shape index (κ1) is 9.24. The topological polar surface area (TPSA) is 15.3 Å². The molecule has 0 aromatic heterocycles. The fraction of sp³-hybridized carbons (Fsp3) is 0.400. The number of hydrogen-bond donors (Lipinski definition) is 1. The van der Waals surface area contributed by atoms with Crippen LogP contribution in [-0.4, -0.2) is 19.6 Å². The molecular formula is C10H12F2N2. The van der Waals surface area contributed by atoms with E-state index in [0.29, 0.717) is 24.5 Å². The van der Waals surface area contributed by atoms with Gasteiger partial charge in [0.2, 0.25) is 0 Å². The van der Waals surface area contributed by atoms with E-state index in [0.717, 1.165) is 12.6 Å². The molecule has 0 unspecified atom stereocenters. The van der Waals surface area contributed by atoms with E-state index in [-0.39, 0.29) is 0 Å². The molecule has 76 valence electrons. The molecule has 1 aromatic rings. The highest BCUT2D eigenvalue weighted by Gasteiger charge is 2.21. The Hall–Kier alpha value is -1.32. The number of anilines is 2. The molecule has 1 aliphatic rings. The van der Waals surface area contributed by atoms with E-state index >= 15 is 0 Å². The van der Waals surface area contributed by atoms with Crippen molar-refractivity contribution in [2.45, 2.75) is 6.92 Å². The van der Waals surface area contributed by atoms with Gasteiger partial charge in [0.25, 0.3) is 0 Å². The Balaban J connectivity index is 2.53. The van der Waals surface area contributed by atoms with Gasteiger partial charge in [0.15, 0.2) is 11.6 Å². The minimum atomic E-state index is -0.786. The van der Waals surface area contributed by atoms with Crippen LogP contribution in [0, 0.1) is 11.6 Å². The minimum Gasteiger partial charge on any atom is -0.382 e. The van der Waals surface area contributed by atoms with Gasteiger partial charge in [0.1, 0.15) is 0 Å². The van der Waals surface area contributed by atoms with Crippen molar-refractivity contribution >= 4 is 11.4 Å². The third-order valence-corrected chi connectivity index (χ3v) is 2.46. The zero-order valence-electron chi connectivity index (χ0n) is 7.98. The van der Waals surface area contributed by atoms with Crippen LogP contribution >= 0.6 is 0 Å². The maximum absolute atomic E-state index is 13.5. The third kappa shape index (κ3) is 1.31. The molecule has 1 N–H and O–H groups in total. The molecule has 0 aliphatic carbocycles. The highest BCUT2D eigenvalue weighted by molar-refractivity contribution is 5.72. The number of fused-ring (bicyclic) bond motifs is 1. The standard InChI is InChI=1S/C10H12F2N2/c1-2-14-6-5-13-8-4-3-7(11)9(12)10(8)14/h3-4,13H,2,5-6H2,1H3. The maximum Gasteiger partial charge on any atom is 0.184 e. The molecule has 0 saturated carbocycles. The summed E-state index contributed by atoms with van der Waals surface area (Å²) in [6.07, 6.45) is 0. The number of nitrogens with one attached hydrogen (secondary N) is 1. The van der Waals surface area contributed by atoms with Crippen molar-refractivity contribution in [2.24, 2.45) is 0 Å². The summed E-state index contributed by atoms with van der Waals surface area (Å²) in [6.45, 7) is 4.10. The molecule has 4 heteroatoms. The molecular weight excluding hydrogens is 186 g/mol. The zero-order valence-corrected chi connectivity index (χ0v) is 7.98. The quantitative estimate of drug-likeness (QED) is 0.744. The van der Waals surface area contributed by atoms with Gasteiger partial charge in [-0.15, -0.1) is 0 Å². The average Bonchev–Trinajstić information content (AvgIpc) is 2.23. The van der Waals surface area contributed by atoms with E-state index < -0.39 is 11.6 Å². The molecule has 14 heavy (non-hydrogen) atoms. The highest BCUT2D eigenvalue weighted by atomic mass is 19.2. The van der Waals surface area contributed by atoms with Crippen molar-refractivity contribution in [2.75, 3.05) is 29.9 Å². The van der Waals surface area contributed by atoms with Crippen molar-refractivity contribution in [1.82, 2.24) is 0 Å². The van der Waals surface area contributed by atoms with E-state index in [2.05, 4.69) is 5.32 Å². The summed E-state index contributed by atoms with van der Waals surface area (Å²) >= 11 is 0. The Morgan fingerprint density at radius 3 is 2.93 bits per heavy atom. The van der Waals surface area contributed by atoms with E-state index in [1.165, 1.54) is 0 Å². The lowest BCUT2D eigenvalue weighted by molar-refractivity contribution is 0.505. The first-order valence-electron chi connectivity index (χ1n) is 4.71. The lowest BCUT2D eigenvalue weighted by Crippen LogP contribution is -2.34. The van der Waals surface area contributed by atoms with Crippen LogP contribution in [0.15, 0.2) is 12.1 Å². The van der Waals surface area contributed by atoms with Gasteiger partial charge in [-0.1, -0.05) is 0 Å². The van der Waals surface area contributed by atoms with Crippen molar-refractivity contribution in [1.29, 1.82) is 0 Å². The fourth-order valence-electron chi connectivity index (χ4n) is 1.75. The number of hydrogen-bond acceptors (Lipinski definition) is 2. The number of likely N-dealkylation sites (N-methyl/N-ethyl adjacent to an activating group) is 1. The SMILES string of the molecule is CCN1CCNc2ccc(F)c(F)c21. The van der Waals surface area contributed by atoms with Gasteiger partial charge in [0.05, 0.1) is 11.4 Å². The van der Waals surface area contributed by atoms with E-state index in [4.69, 9.17) is 0 Å². The van der Waals surface area contributed by atoms with Crippen molar-refractivity contribution < 1.29 is 8.78 Å². The molecule has 0 saturated heterocycles. The van der Waals surface area contributed by atoms with Crippen LogP contribution in [0.5, 0.6) is 0 Å². The summed E-state index contributed by atoms with van der Waals surface area (Å²) in [4.78, 5) is 1.84. The molecule has 0 amide bonds. The van der Waals surface area contributed by atoms with Gasteiger partial charge < -0.3 is 10.2 Å². The Morgan fingerprint density at radius 1 is 1.43 bits per heavy atom. The normalized spacial score (nSPS) is 14.9. The van der Waals surface area contributed by atoms with Crippen LogP contribution in [0.1, 0.15) is 6.92 Å².